The summed E-state index contributed by atoms with van der Waals surface area (Å²) in [5.74, 6) is 0.980. The molecule has 2 heteroatoms. The lowest BCUT2D eigenvalue weighted by Crippen LogP contribution is -2.66. The molecule has 1 heterocycles. The van der Waals surface area contributed by atoms with E-state index in [1.54, 1.807) is 0 Å². The van der Waals surface area contributed by atoms with E-state index in [4.69, 9.17) is 0 Å². The van der Waals surface area contributed by atoms with Gasteiger partial charge in [0.15, 0.2) is 0 Å². The summed E-state index contributed by atoms with van der Waals surface area (Å²) < 4.78 is 0. The highest BCUT2D eigenvalue weighted by Gasteiger charge is 2.43. The summed E-state index contributed by atoms with van der Waals surface area (Å²) in [6.45, 7) is 11.9. The second-order valence-corrected chi connectivity index (χ2v) is 6.00. The van der Waals surface area contributed by atoms with Crippen molar-refractivity contribution in [1.29, 1.82) is 0 Å². The molecule has 1 saturated carbocycles. The highest BCUT2D eigenvalue weighted by Crippen LogP contribution is 2.37. The van der Waals surface area contributed by atoms with Gasteiger partial charge in [-0.15, -0.1) is 0 Å². The number of hydrogen-bond donors (Lipinski definition) is 1. The Balaban J connectivity index is 2.08. The first-order chi connectivity index (χ1) is 7.63. The van der Waals surface area contributed by atoms with Gasteiger partial charge in [-0.25, -0.2) is 0 Å². The number of piperazine rings is 1. The minimum atomic E-state index is 0.416. The monoisotopic (exact) mass is 224 g/mol. The van der Waals surface area contributed by atoms with Crippen molar-refractivity contribution < 1.29 is 0 Å². The van der Waals surface area contributed by atoms with Crippen LogP contribution in [0.5, 0.6) is 0 Å². The third-order valence-corrected chi connectivity index (χ3v) is 4.83. The van der Waals surface area contributed by atoms with Gasteiger partial charge in [0.05, 0.1) is 0 Å². The van der Waals surface area contributed by atoms with Crippen molar-refractivity contribution in [2.24, 2.45) is 5.92 Å². The molecular weight excluding hydrogens is 196 g/mol. The van der Waals surface area contributed by atoms with E-state index in [9.17, 15) is 0 Å². The summed E-state index contributed by atoms with van der Waals surface area (Å²) in [4.78, 5) is 2.77. The Morgan fingerprint density at radius 2 is 1.88 bits per heavy atom. The second-order valence-electron chi connectivity index (χ2n) is 6.00. The molecule has 2 nitrogen and oxygen atoms in total. The molecule has 2 fully saturated rings. The average molecular weight is 224 g/mol. The lowest BCUT2D eigenvalue weighted by molar-refractivity contribution is 0.00259. The van der Waals surface area contributed by atoms with E-state index in [-0.39, 0.29) is 0 Å². The zero-order valence-electron chi connectivity index (χ0n) is 11.4. The van der Waals surface area contributed by atoms with Crippen molar-refractivity contribution in [3.63, 3.8) is 0 Å². The van der Waals surface area contributed by atoms with E-state index in [1.165, 1.54) is 38.8 Å². The zero-order chi connectivity index (χ0) is 11.8. The molecule has 0 amide bonds. The van der Waals surface area contributed by atoms with Crippen LogP contribution in [0.15, 0.2) is 0 Å². The molecule has 1 unspecified atom stereocenters. The standard InChI is InChI=1S/C14H28N2/c1-5-14(6-2)10-15-13(12-7-8-12)9-16(14)11(3)4/h11-13,15H,5-10H2,1-4H3. The average Bonchev–Trinajstić information content (AvgIpc) is 3.12. The molecule has 2 rings (SSSR count). The molecule has 1 saturated heterocycles. The Hall–Kier alpha value is -0.0800. The summed E-state index contributed by atoms with van der Waals surface area (Å²) in [6.07, 6.45) is 5.45. The zero-order valence-corrected chi connectivity index (χ0v) is 11.4. The van der Waals surface area contributed by atoms with Gasteiger partial charge >= 0.3 is 0 Å². The molecule has 0 spiro atoms. The van der Waals surface area contributed by atoms with Crippen molar-refractivity contribution in [1.82, 2.24) is 10.2 Å². The van der Waals surface area contributed by atoms with Crippen LogP contribution in [0.1, 0.15) is 53.4 Å². The predicted molar refractivity (Wildman–Crippen MR) is 69.7 cm³/mol. The maximum Gasteiger partial charge on any atom is 0.0332 e. The number of nitrogens with zero attached hydrogens (tertiary/aromatic N) is 1. The van der Waals surface area contributed by atoms with Gasteiger partial charge in [-0.05, 0) is 45.4 Å². The fourth-order valence-corrected chi connectivity index (χ4v) is 3.37. The topological polar surface area (TPSA) is 15.3 Å². The van der Waals surface area contributed by atoms with Gasteiger partial charge in [0.1, 0.15) is 0 Å². The summed E-state index contributed by atoms with van der Waals surface area (Å²) in [7, 11) is 0. The summed E-state index contributed by atoms with van der Waals surface area (Å²) in [5, 5.41) is 3.82. The number of nitrogens with one attached hydrogen (secondary N) is 1. The van der Waals surface area contributed by atoms with Crippen molar-refractivity contribution in [2.45, 2.75) is 71.0 Å². The van der Waals surface area contributed by atoms with Crippen LogP contribution in [0.4, 0.5) is 0 Å². The van der Waals surface area contributed by atoms with Crippen molar-refractivity contribution in [3.8, 4) is 0 Å². The lowest BCUT2D eigenvalue weighted by Gasteiger charge is -2.52. The Morgan fingerprint density at radius 3 is 2.31 bits per heavy atom. The Morgan fingerprint density at radius 1 is 1.25 bits per heavy atom. The van der Waals surface area contributed by atoms with Crippen molar-refractivity contribution >= 4 is 0 Å². The first-order valence-corrected chi connectivity index (χ1v) is 7.13. The highest BCUT2D eigenvalue weighted by atomic mass is 15.3. The fraction of sp³-hybridized carbons (Fsp3) is 1.00. The minimum absolute atomic E-state index is 0.416. The molecule has 16 heavy (non-hydrogen) atoms. The van der Waals surface area contributed by atoms with Gasteiger partial charge in [-0.2, -0.15) is 0 Å². The van der Waals surface area contributed by atoms with Crippen LogP contribution in [-0.2, 0) is 0 Å². The molecule has 1 N–H and O–H groups in total. The molecule has 0 bridgehead atoms. The SMILES string of the molecule is CCC1(CC)CNC(C2CC2)CN1C(C)C. The van der Waals surface area contributed by atoms with Crippen LogP contribution in [0.25, 0.3) is 0 Å². The van der Waals surface area contributed by atoms with Crippen LogP contribution in [0.2, 0.25) is 0 Å². The van der Waals surface area contributed by atoms with Crippen LogP contribution >= 0.6 is 0 Å². The normalized spacial score (nSPS) is 30.9. The molecule has 0 aromatic rings. The smallest absolute Gasteiger partial charge is 0.0332 e. The number of rotatable bonds is 4. The lowest BCUT2D eigenvalue weighted by atomic mass is 9.85. The molecule has 1 atom stereocenters. The van der Waals surface area contributed by atoms with E-state index in [1.807, 2.05) is 0 Å². The summed E-state index contributed by atoms with van der Waals surface area (Å²) in [6, 6.07) is 1.46. The third-order valence-electron chi connectivity index (χ3n) is 4.83. The Labute approximate surface area is 101 Å². The van der Waals surface area contributed by atoms with Gasteiger partial charge in [0, 0.05) is 30.7 Å². The third kappa shape index (κ3) is 2.14. The van der Waals surface area contributed by atoms with Crippen molar-refractivity contribution in [3.05, 3.63) is 0 Å². The van der Waals surface area contributed by atoms with Crippen LogP contribution < -0.4 is 5.32 Å². The van der Waals surface area contributed by atoms with E-state index in [2.05, 4.69) is 37.9 Å². The molecule has 0 radical (unpaired) electrons. The second kappa shape index (κ2) is 4.66. The molecule has 0 aromatic carbocycles. The largest absolute Gasteiger partial charge is 0.311 e. The summed E-state index contributed by atoms with van der Waals surface area (Å²) >= 11 is 0. The summed E-state index contributed by atoms with van der Waals surface area (Å²) in [5.41, 5.74) is 0.416. The molecular formula is C14H28N2. The van der Waals surface area contributed by atoms with Crippen LogP contribution in [0, 0.1) is 5.92 Å². The molecule has 0 aromatic heterocycles. The maximum atomic E-state index is 3.82. The van der Waals surface area contributed by atoms with Gasteiger partial charge in [0.25, 0.3) is 0 Å². The van der Waals surface area contributed by atoms with Gasteiger partial charge in [-0.1, -0.05) is 13.8 Å². The van der Waals surface area contributed by atoms with Crippen LogP contribution in [-0.4, -0.2) is 35.6 Å². The van der Waals surface area contributed by atoms with E-state index >= 15 is 0 Å². The van der Waals surface area contributed by atoms with Crippen LogP contribution in [0.3, 0.4) is 0 Å². The fourth-order valence-electron chi connectivity index (χ4n) is 3.37. The molecule has 1 aliphatic carbocycles. The maximum absolute atomic E-state index is 3.82. The Kier molecular flexibility index (Phi) is 3.60. The molecule has 94 valence electrons. The van der Waals surface area contributed by atoms with E-state index < -0.39 is 0 Å². The minimum Gasteiger partial charge on any atom is -0.311 e. The van der Waals surface area contributed by atoms with Gasteiger partial charge < -0.3 is 5.32 Å². The Bertz CT molecular complexity index is 229. The van der Waals surface area contributed by atoms with Gasteiger partial charge in [0.2, 0.25) is 0 Å². The quantitative estimate of drug-likeness (QED) is 0.790. The van der Waals surface area contributed by atoms with E-state index in [0.29, 0.717) is 11.6 Å². The molecule has 2 aliphatic rings. The number of hydrogen-bond acceptors (Lipinski definition) is 2. The first-order valence-electron chi connectivity index (χ1n) is 7.13. The van der Waals surface area contributed by atoms with E-state index in [0.717, 1.165) is 12.0 Å². The molecule has 1 aliphatic heterocycles. The highest BCUT2D eigenvalue weighted by molar-refractivity contribution is 5.02. The van der Waals surface area contributed by atoms with Crippen molar-refractivity contribution in [2.75, 3.05) is 13.1 Å². The first kappa shape index (κ1) is 12.4. The predicted octanol–water partition coefficient (Wildman–Crippen LogP) is 2.64. The van der Waals surface area contributed by atoms with Gasteiger partial charge in [-0.3, -0.25) is 4.90 Å².